The van der Waals surface area contributed by atoms with Crippen LogP contribution in [0.25, 0.3) is 10.9 Å². The summed E-state index contributed by atoms with van der Waals surface area (Å²) in [5, 5.41) is 10.4. The molecular weight excluding hydrogens is 200 g/mol. The maximum Gasteiger partial charge on any atom is 0.116 e. The van der Waals surface area contributed by atoms with E-state index in [1.54, 1.807) is 12.1 Å². The standard InChI is InChI=1S/C10H11ClN2O/c11-13-4-3-7-6-12-10-2-1-8(14)5-9(7)10/h1-2,5-6,12-14H,3-4H2. The van der Waals surface area contributed by atoms with Gasteiger partial charge >= 0.3 is 0 Å². The van der Waals surface area contributed by atoms with Crippen molar-refractivity contribution in [2.45, 2.75) is 6.42 Å². The third-order valence-corrected chi connectivity index (χ3v) is 2.43. The Labute approximate surface area is 86.8 Å². The maximum absolute atomic E-state index is 9.34. The van der Waals surface area contributed by atoms with Gasteiger partial charge in [0.25, 0.3) is 0 Å². The van der Waals surface area contributed by atoms with Crippen LogP contribution < -0.4 is 4.84 Å². The number of benzene rings is 1. The van der Waals surface area contributed by atoms with E-state index in [1.165, 1.54) is 0 Å². The molecule has 0 aliphatic rings. The van der Waals surface area contributed by atoms with Gasteiger partial charge in [-0.05, 0) is 42.0 Å². The van der Waals surface area contributed by atoms with Crippen LogP contribution in [0.3, 0.4) is 0 Å². The van der Waals surface area contributed by atoms with Gasteiger partial charge in [0, 0.05) is 23.6 Å². The highest BCUT2D eigenvalue weighted by molar-refractivity contribution is 6.13. The molecule has 0 unspecified atom stereocenters. The predicted molar refractivity (Wildman–Crippen MR) is 57.5 cm³/mol. The SMILES string of the molecule is Oc1ccc2[nH]cc(CCNCl)c2c1. The molecule has 0 saturated carbocycles. The van der Waals surface area contributed by atoms with Gasteiger partial charge in [-0.25, -0.2) is 4.84 Å². The molecule has 0 bridgehead atoms. The molecule has 1 heterocycles. The Morgan fingerprint density at radius 2 is 2.29 bits per heavy atom. The fourth-order valence-corrected chi connectivity index (χ4v) is 1.65. The lowest BCUT2D eigenvalue weighted by Gasteiger charge is -1.97. The van der Waals surface area contributed by atoms with Crippen molar-refractivity contribution < 1.29 is 5.11 Å². The minimum absolute atomic E-state index is 0.289. The molecule has 74 valence electrons. The fourth-order valence-electron chi connectivity index (χ4n) is 1.56. The number of rotatable bonds is 3. The number of aromatic nitrogens is 1. The predicted octanol–water partition coefficient (Wildman–Crippen LogP) is 2.16. The second kappa shape index (κ2) is 3.90. The Morgan fingerprint density at radius 1 is 1.43 bits per heavy atom. The first-order valence-electron chi connectivity index (χ1n) is 4.44. The first kappa shape index (κ1) is 9.37. The van der Waals surface area contributed by atoms with Crippen LogP contribution in [0.15, 0.2) is 24.4 Å². The number of phenolic OH excluding ortho intramolecular Hbond substituents is 1. The van der Waals surface area contributed by atoms with Crippen molar-refractivity contribution in [3.63, 3.8) is 0 Å². The summed E-state index contributed by atoms with van der Waals surface area (Å²) in [6.45, 7) is 0.712. The van der Waals surface area contributed by atoms with E-state index in [0.29, 0.717) is 6.54 Å². The highest BCUT2D eigenvalue weighted by atomic mass is 35.5. The molecule has 0 radical (unpaired) electrons. The van der Waals surface area contributed by atoms with Gasteiger partial charge in [0.2, 0.25) is 0 Å². The molecule has 0 aliphatic carbocycles. The molecule has 4 heteroatoms. The molecule has 2 rings (SSSR count). The van der Waals surface area contributed by atoms with E-state index in [1.807, 2.05) is 12.3 Å². The van der Waals surface area contributed by atoms with Crippen LogP contribution in [0.5, 0.6) is 5.75 Å². The van der Waals surface area contributed by atoms with E-state index in [4.69, 9.17) is 11.8 Å². The Kier molecular flexibility index (Phi) is 2.61. The largest absolute Gasteiger partial charge is 0.508 e. The fraction of sp³-hybridized carbons (Fsp3) is 0.200. The monoisotopic (exact) mass is 210 g/mol. The van der Waals surface area contributed by atoms with E-state index < -0.39 is 0 Å². The molecular formula is C10H11ClN2O. The maximum atomic E-state index is 9.34. The number of hydrogen-bond donors (Lipinski definition) is 3. The van der Waals surface area contributed by atoms with Gasteiger partial charge in [-0.2, -0.15) is 0 Å². The molecule has 1 aromatic carbocycles. The van der Waals surface area contributed by atoms with Crippen LogP contribution in [-0.4, -0.2) is 16.6 Å². The highest BCUT2D eigenvalue weighted by Gasteiger charge is 2.03. The normalized spacial score (nSPS) is 10.9. The van der Waals surface area contributed by atoms with E-state index in [2.05, 4.69) is 9.82 Å². The summed E-state index contributed by atoms with van der Waals surface area (Å²) in [6, 6.07) is 5.29. The van der Waals surface area contributed by atoms with Crippen molar-refractivity contribution in [2.24, 2.45) is 0 Å². The van der Waals surface area contributed by atoms with Gasteiger partial charge in [-0.1, -0.05) is 0 Å². The topological polar surface area (TPSA) is 48.0 Å². The molecule has 0 saturated heterocycles. The summed E-state index contributed by atoms with van der Waals surface area (Å²) < 4.78 is 0. The molecule has 0 spiro atoms. The van der Waals surface area contributed by atoms with Gasteiger partial charge in [0.15, 0.2) is 0 Å². The number of hydrogen-bond acceptors (Lipinski definition) is 2. The third-order valence-electron chi connectivity index (χ3n) is 2.24. The number of aromatic amines is 1. The van der Waals surface area contributed by atoms with Crippen LogP contribution in [-0.2, 0) is 6.42 Å². The summed E-state index contributed by atoms with van der Waals surface area (Å²) in [5.41, 5.74) is 2.19. The van der Waals surface area contributed by atoms with Gasteiger partial charge in [0.1, 0.15) is 5.75 Å². The first-order valence-corrected chi connectivity index (χ1v) is 4.81. The summed E-state index contributed by atoms with van der Waals surface area (Å²) in [7, 11) is 0. The van der Waals surface area contributed by atoms with Gasteiger partial charge in [-0.3, -0.25) is 0 Å². The Balaban J connectivity index is 2.40. The average Bonchev–Trinajstić information content (AvgIpc) is 2.57. The molecule has 0 fully saturated rings. The van der Waals surface area contributed by atoms with E-state index in [0.717, 1.165) is 22.9 Å². The van der Waals surface area contributed by atoms with Crippen LogP contribution in [0.1, 0.15) is 5.56 Å². The molecule has 3 nitrogen and oxygen atoms in total. The molecule has 0 aliphatic heterocycles. The van der Waals surface area contributed by atoms with Crippen molar-refractivity contribution >= 4 is 22.7 Å². The molecule has 3 N–H and O–H groups in total. The zero-order valence-electron chi connectivity index (χ0n) is 7.55. The number of halogens is 1. The number of H-pyrrole nitrogens is 1. The minimum Gasteiger partial charge on any atom is -0.508 e. The van der Waals surface area contributed by atoms with Crippen LogP contribution in [0, 0.1) is 0 Å². The average molecular weight is 211 g/mol. The zero-order chi connectivity index (χ0) is 9.97. The number of aromatic hydroxyl groups is 1. The molecule has 14 heavy (non-hydrogen) atoms. The molecule has 0 atom stereocenters. The third kappa shape index (κ3) is 1.69. The Morgan fingerprint density at radius 3 is 3.07 bits per heavy atom. The van der Waals surface area contributed by atoms with Crippen molar-refractivity contribution in [2.75, 3.05) is 6.54 Å². The summed E-state index contributed by atoms with van der Waals surface area (Å²) >= 11 is 5.39. The number of nitrogens with one attached hydrogen (secondary N) is 2. The second-order valence-electron chi connectivity index (χ2n) is 3.18. The van der Waals surface area contributed by atoms with Crippen LogP contribution in [0.2, 0.25) is 0 Å². The Bertz CT molecular complexity index is 439. The van der Waals surface area contributed by atoms with Gasteiger partial charge in [-0.15, -0.1) is 0 Å². The van der Waals surface area contributed by atoms with E-state index in [-0.39, 0.29) is 5.75 Å². The van der Waals surface area contributed by atoms with Crippen LogP contribution in [0.4, 0.5) is 0 Å². The van der Waals surface area contributed by atoms with E-state index in [9.17, 15) is 5.11 Å². The van der Waals surface area contributed by atoms with Crippen molar-refractivity contribution in [3.05, 3.63) is 30.0 Å². The molecule has 1 aromatic heterocycles. The zero-order valence-corrected chi connectivity index (χ0v) is 8.30. The van der Waals surface area contributed by atoms with Crippen molar-refractivity contribution in [3.8, 4) is 5.75 Å². The summed E-state index contributed by atoms with van der Waals surface area (Å²) in [6.07, 6.45) is 2.78. The minimum atomic E-state index is 0.289. The van der Waals surface area contributed by atoms with Crippen LogP contribution >= 0.6 is 11.8 Å². The smallest absolute Gasteiger partial charge is 0.116 e. The van der Waals surface area contributed by atoms with Gasteiger partial charge in [0.05, 0.1) is 0 Å². The van der Waals surface area contributed by atoms with Gasteiger partial charge < -0.3 is 10.1 Å². The highest BCUT2D eigenvalue weighted by Crippen LogP contribution is 2.22. The van der Waals surface area contributed by atoms with Crippen molar-refractivity contribution in [1.29, 1.82) is 0 Å². The van der Waals surface area contributed by atoms with Crippen molar-refractivity contribution in [1.82, 2.24) is 9.82 Å². The Hall–Kier alpha value is -1.19. The molecule has 2 aromatic rings. The van der Waals surface area contributed by atoms with E-state index >= 15 is 0 Å². The lowest BCUT2D eigenvalue weighted by molar-refractivity contribution is 0.476. The quantitative estimate of drug-likeness (QED) is 0.680. The molecule has 0 amide bonds. The first-order chi connectivity index (χ1) is 6.81. The number of fused-ring (bicyclic) bond motifs is 1. The summed E-state index contributed by atoms with van der Waals surface area (Å²) in [4.78, 5) is 5.72. The number of phenols is 1. The lowest BCUT2D eigenvalue weighted by atomic mass is 10.1. The lowest BCUT2D eigenvalue weighted by Crippen LogP contribution is -2.03. The second-order valence-corrected chi connectivity index (χ2v) is 3.44. The summed E-state index contributed by atoms with van der Waals surface area (Å²) in [5.74, 6) is 0.289.